The van der Waals surface area contributed by atoms with E-state index in [1.54, 1.807) is 11.9 Å². The minimum Gasteiger partial charge on any atom is -0.453 e. The zero-order valence-electron chi connectivity index (χ0n) is 8.04. The fourth-order valence-corrected chi connectivity index (χ4v) is 0.860. The second-order valence-corrected chi connectivity index (χ2v) is 2.60. The number of ether oxygens (including phenoxy) is 1. The van der Waals surface area contributed by atoms with Gasteiger partial charge in [-0.25, -0.2) is 4.79 Å². The van der Waals surface area contributed by atoms with Crippen molar-refractivity contribution < 1.29 is 9.53 Å². The minimum atomic E-state index is -0.268. The summed E-state index contributed by atoms with van der Waals surface area (Å²) in [5, 5.41) is 0. The Morgan fingerprint density at radius 3 is 2.75 bits per heavy atom. The maximum Gasteiger partial charge on any atom is 0.409 e. The zero-order chi connectivity index (χ0) is 9.40. The van der Waals surface area contributed by atoms with Gasteiger partial charge >= 0.3 is 6.09 Å². The molecule has 1 amide bonds. The van der Waals surface area contributed by atoms with Crippen molar-refractivity contribution in [3.05, 3.63) is 12.2 Å². The summed E-state index contributed by atoms with van der Waals surface area (Å²) in [6, 6.07) is 0. The topological polar surface area (TPSA) is 29.5 Å². The van der Waals surface area contributed by atoms with Crippen LogP contribution in [0.4, 0.5) is 4.79 Å². The van der Waals surface area contributed by atoms with Crippen LogP contribution >= 0.6 is 0 Å². The van der Waals surface area contributed by atoms with Crippen LogP contribution in [0.15, 0.2) is 12.2 Å². The minimum absolute atomic E-state index is 0.268. The third-order valence-electron chi connectivity index (χ3n) is 1.59. The van der Waals surface area contributed by atoms with Gasteiger partial charge in [0.2, 0.25) is 0 Å². The van der Waals surface area contributed by atoms with Gasteiger partial charge in [0, 0.05) is 13.6 Å². The molecule has 0 radical (unpaired) electrons. The molecule has 0 fully saturated rings. The summed E-state index contributed by atoms with van der Waals surface area (Å²) >= 11 is 0. The number of rotatable bonds is 4. The molecule has 12 heavy (non-hydrogen) atoms. The molecule has 70 valence electrons. The van der Waals surface area contributed by atoms with E-state index in [0.29, 0.717) is 0 Å². The second kappa shape index (κ2) is 6.70. The number of hydrogen-bond acceptors (Lipinski definition) is 2. The highest BCUT2D eigenvalue weighted by molar-refractivity contribution is 5.66. The van der Waals surface area contributed by atoms with E-state index >= 15 is 0 Å². The number of hydrogen-bond donors (Lipinski definition) is 0. The summed E-state index contributed by atoms with van der Waals surface area (Å²) in [6.45, 7) is 2.74. The molecule has 0 spiro atoms. The van der Waals surface area contributed by atoms with E-state index in [1.807, 2.05) is 13.0 Å². The molecule has 0 aliphatic rings. The molecule has 0 atom stereocenters. The van der Waals surface area contributed by atoms with Gasteiger partial charge in [0.1, 0.15) is 0 Å². The molecule has 0 bridgehead atoms. The van der Waals surface area contributed by atoms with Gasteiger partial charge in [-0.2, -0.15) is 0 Å². The Balaban J connectivity index is 3.43. The number of nitrogens with zero attached hydrogens (tertiary/aromatic N) is 1. The van der Waals surface area contributed by atoms with E-state index in [9.17, 15) is 4.79 Å². The number of carbonyl (C=O) groups is 1. The van der Waals surface area contributed by atoms with E-state index in [-0.39, 0.29) is 6.09 Å². The van der Waals surface area contributed by atoms with Crippen LogP contribution in [-0.2, 0) is 4.74 Å². The lowest BCUT2D eigenvalue weighted by molar-refractivity contribution is 0.133. The number of unbranched alkanes of at least 4 members (excludes halogenated alkanes) is 1. The molecule has 0 unspecified atom stereocenters. The molecule has 0 aliphatic heterocycles. The van der Waals surface area contributed by atoms with Crippen LogP contribution in [0.25, 0.3) is 0 Å². The fraction of sp³-hybridized carbons (Fsp3) is 0.667. The molecule has 0 aromatic heterocycles. The van der Waals surface area contributed by atoms with Crippen LogP contribution < -0.4 is 0 Å². The lowest BCUT2D eigenvalue weighted by atomic mass is 10.3. The fourth-order valence-electron chi connectivity index (χ4n) is 0.860. The Hall–Kier alpha value is -0.990. The lowest BCUT2D eigenvalue weighted by Gasteiger charge is -2.14. The summed E-state index contributed by atoms with van der Waals surface area (Å²) in [5.74, 6) is 0. The molecule has 0 saturated carbocycles. The molecule has 0 N–H and O–H groups in total. The summed E-state index contributed by atoms with van der Waals surface area (Å²) in [4.78, 5) is 12.4. The third-order valence-corrected chi connectivity index (χ3v) is 1.59. The van der Waals surface area contributed by atoms with E-state index in [2.05, 4.69) is 10.8 Å². The first kappa shape index (κ1) is 11.0. The Labute approximate surface area is 74.0 Å². The molecule has 0 aromatic carbocycles. The van der Waals surface area contributed by atoms with E-state index in [4.69, 9.17) is 0 Å². The summed E-state index contributed by atoms with van der Waals surface area (Å²) in [6.07, 6.45) is 5.83. The maximum atomic E-state index is 10.9. The zero-order valence-corrected chi connectivity index (χ0v) is 8.04. The van der Waals surface area contributed by atoms with Crippen molar-refractivity contribution in [1.29, 1.82) is 0 Å². The van der Waals surface area contributed by atoms with Crippen LogP contribution in [0.5, 0.6) is 0 Å². The summed E-state index contributed by atoms with van der Waals surface area (Å²) in [7, 11) is 3.13. The van der Waals surface area contributed by atoms with Crippen molar-refractivity contribution in [3.63, 3.8) is 0 Å². The van der Waals surface area contributed by atoms with Gasteiger partial charge in [-0.15, -0.1) is 0 Å². The van der Waals surface area contributed by atoms with Crippen molar-refractivity contribution >= 4 is 6.09 Å². The summed E-state index contributed by atoms with van der Waals surface area (Å²) in [5.41, 5.74) is 0. The maximum absolute atomic E-state index is 10.9. The second-order valence-electron chi connectivity index (χ2n) is 2.60. The SMILES string of the molecule is C/C=C\CCCN(C)C(=O)OC. The van der Waals surface area contributed by atoms with E-state index in [0.717, 1.165) is 19.4 Å². The normalized spacial score (nSPS) is 10.2. The van der Waals surface area contributed by atoms with Crippen molar-refractivity contribution in [3.8, 4) is 0 Å². The van der Waals surface area contributed by atoms with Gasteiger partial charge in [-0.3, -0.25) is 0 Å². The molecule has 0 aliphatic carbocycles. The van der Waals surface area contributed by atoms with Gasteiger partial charge < -0.3 is 9.64 Å². The van der Waals surface area contributed by atoms with Crippen molar-refractivity contribution in [1.82, 2.24) is 4.90 Å². The number of carbonyl (C=O) groups excluding carboxylic acids is 1. The standard InChI is InChI=1S/C9H17NO2/c1-4-5-6-7-8-10(2)9(11)12-3/h4-5H,6-8H2,1-3H3/b5-4-. The Morgan fingerprint density at radius 2 is 2.25 bits per heavy atom. The van der Waals surface area contributed by atoms with Gasteiger partial charge in [0.25, 0.3) is 0 Å². The number of amides is 1. The molecule has 3 heteroatoms. The number of allylic oxidation sites excluding steroid dienone is 2. The van der Waals surface area contributed by atoms with Crippen molar-refractivity contribution in [2.45, 2.75) is 19.8 Å². The molecular formula is C9H17NO2. The van der Waals surface area contributed by atoms with Gasteiger partial charge in [0.05, 0.1) is 7.11 Å². The molecule has 0 saturated heterocycles. The van der Waals surface area contributed by atoms with Gasteiger partial charge in [0.15, 0.2) is 0 Å². The van der Waals surface area contributed by atoms with Crippen molar-refractivity contribution in [2.75, 3.05) is 20.7 Å². The summed E-state index contributed by atoms with van der Waals surface area (Å²) < 4.78 is 4.54. The molecule has 0 heterocycles. The monoisotopic (exact) mass is 171 g/mol. The first-order valence-electron chi connectivity index (χ1n) is 4.12. The Bertz CT molecular complexity index is 155. The highest BCUT2D eigenvalue weighted by Gasteiger charge is 2.05. The molecule has 3 nitrogen and oxygen atoms in total. The van der Waals surface area contributed by atoms with Crippen LogP contribution in [0.2, 0.25) is 0 Å². The average Bonchev–Trinajstić information content (AvgIpc) is 2.10. The van der Waals surface area contributed by atoms with E-state index < -0.39 is 0 Å². The number of methoxy groups -OCH3 is 1. The average molecular weight is 171 g/mol. The smallest absolute Gasteiger partial charge is 0.409 e. The van der Waals surface area contributed by atoms with Gasteiger partial charge in [-0.1, -0.05) is 12.2 Å². The predicted octanol–water partition coefficient (Wildman–Crippen LogP) is 2.04. The quantitative estimate of drug-likeness (QED) is 0.478. The molecule has 0 rings (SSSR count). The van der Waals surface area contributed by atoms with Gasteiger partial charge in [-0.05, 0) is 19.8 Å². The van der Waals surface area contributed by atoms with Crippen LogP contribution in [-0.4, -0.2) is 31.7 Å². The highest BCUT2D eigenvalue weighted by Crippen LogP contribution is 1.95. The van der Waals surface area contributed by atoms with Crippen molar-refractivity contribution in [2.24, 2.45) is 0 Å². The van der Waals surface area contributed by atoms with Crippen LogP contribution in [0.3, 0.4) is 0 Å². The first-order valence-corrected chi connectivity index (χ1v) is 4.12. The highest BCUT2D eigenvalue weighted by atomic mass is 16.5. The Morgan fingerprint density at radius 1 is 1.58 bits per heavy atom. The Kier molecular flexibility index (Phi) is 6.15. The lowest BCUT2D eigenvalue weighted by Crippen LogP contribution is -2.27. The van der Waals surface area contributed by atoms with Crippen LogP contribution in [0, 0.1) is 0 Å². The van der Waals surface area contributed by atoms with E-state index in [1.165, 1.54) is 7.11 Å². The first-order chi connectivity index (χ1) is 5.72. The largest absolute Gasteiger partial charge is 0.453 e. The van der Waals surface area contributed by atoms with Crippen LogP contribution in [0.1, 0.15) is 19.8 Å². The predicted molar refractivity (Wildman–Crippen MR) is 49.1 cm³/mol. The molecule has 0 aromatic rings. The third kappa shape index (κ3) is 4.77. The molecular weight excluding hydrogens is 154 g/mol.